The standard InChI is InChI=1S/C24H19F4N3O5/c1-34-22(32)19-18(13-6-4-3-5-7-13)15(11-29)21(30)31(20(19)23(33)35-2)14-8-9-17(16(25)10-14)36-12-24(26,27)28/h3-10,18H,12,30H2,1-2H3. The minimum atomic E-state index is -4.70. The van der Waals surface area contributed by atoms with E-state index in [9.17, 15) is 32.4 Å². The molecule has 1 heterocycles. The molecule has 1 unspecified atom stereocenters. The Kier molecular flexibility index (Phi) is 7.53. The molecule has 1 aliphatic rings. The number of hydrogen-bond donors (Lipinski definition) is 1. The molecule has 0 radical (unpaired) electrons. The number of nitrogens with two attached hydrogens (primary N) is 1. The Morgan fingerprint density at radius 3 is 2.25 bits per heavy atom. The van der Waals surface area contributed by atoms with Crippen molar-refractivity contribution >= 4 is 17.6 Å². The number of esters is 2. The molecule has 0 saturated carbocycles. The number of rotatable bonds is 6. The molecule has 1 aliphatic heterocycles. The molecule has 1 atom stereocenters. The van der Waals surface area contributed by atoms with Gasteiger partial charge in [0.2, 0.25) is 0 Å². The van der Waals surface area contributed by atoms with Crippen molar-refractivity contribution in [1.82, 2.24) is 0 Å². The maximum Gasteiger partial charge on any atom is 0.422 e. The van der Waals surface area contributed by atoms with Crippen molar-refractivity contribution in [3.05, 3.63) is 82.6 Å². The largest absolute Gasteiger partial charge is 0.481 e. The summed E-state index contributed by atoms with van der Waals surface area (Å²) in [7, 11) is 2.10. The van der Waals surface area contributed by atoms with Crippen molar-refractivity contribution in [3.8, 4) is 11.8 Å². The van der Waals surface area contributed by atoms with Gasteiger partial charge < -0.3 is 19.9 Å². The fraction of sp³-hybridized carbons (Fsp3) is 0.208. The van der Waals surface area contributed by atoms with Gasteiger partial charge in [-0.15, -0.1) is 0 Å². The average molecular weight is 505 g/mol. The van der Waals surface area contributed by atoms with Crippen molar-refractivity contribution in [2.24, 2.45) is 5.73 Å². The second-order valence-corrected chi connectivity index (χ2v) is 7.35. The lowest BCUT2D eigenvalue weighted by atomic mass is 9.81. The van der Waals surface area contributed by atoms with Gasteiger partial charge in [-0.05, 0) is 17.7 Å². The zero-order chi connectivity index (χ0) is 26.6. The molecule has 12 heteroatoms. The molecule has 2 aromatic rings. The van der Waals surface area contributed by atoms with Crippen LogP contribution in [0.25, 0.3) is 0 Å². The summed E-state index contributed by atoms with van der Waals surface area (Å²) in [6, 6.07) is 12.9. The number of alkyl halides is 3. The number of carbonyl (C=O) groups excluding carboxylic acids is 2. The molecule has 0 spiro atoms. The van der Waals surface area contributed by atoms with E-state index < -0.39 is 47.9 Å². The Balaban J connectivity index is 2.26. The van der Waals surface area contributed by atoms with E-state index in [0.29, 0.717) is 5.56 Å². The van der Waals surface area contributed by atoms with Crippen LogP contribution in [-0.4, -0.2) is 38.9 Å². The number of methoxy groups -OCH3 is 2. The fourth-order valence-electron chi connectivity index (χ4n) is 3.69. The molecule has 36 heavy (non-hydrogen) atoms. The number of benzene rings is 2. The Bertz CT molecular complexity index is 1280. The maximum atomic E-state index is 14.7. The summed E-state index contributed by atoms with van der Waals surface area (Å²) < 4.78 is 66.3. The van der Waals surface area contributed by atoms with E-state index in [0.717, 1.165) is 37.3 Å². The number of halogens is 4. The van der Waals surface area contributed by atoms with E-state index >= 15 is 0 Å². The predicted molar refractivity (Wildman–Crippen MR) is 117 cm³/mol. The molecule has 2 aromatic carbocycles. The van der Waals surface area contributed by atoms with Crippen molar-refractivity contribution in [2.75, 3.05) is 25.7 Å². The van der Waals surface area contributed by atoms with Crippen molar-refractivity contribution in [1.29, 1.82) is 5.26 Å². The second kappa shape index (κ2) is 10.4. The molecule has 0 bridgehead atoms. The van der Waals surface area contributed by atoms with E-state index in [-0.39, 0.29) is 22.7 Å². The zero-order valence-electron chi connectivity index (χ0n) is 18.9. The van der Waals surface area contributed by atoms with Crippen LogP contribution in [0, 0.1) is 17.1 Å². The van der Waals surface area contributed by atoms with Crippen molar-refractivity contribution in [2.45, 2.75) is 12.1 Å². The van der Waals surface area contributed by atoms with E-state index in [1.807, 2.05) is 6.07 Å². The monoisotopic (exact) mass is 505 g/mol. The third-order valence-electron chi connectivity index (χ3n) is 5.18. The molecular weight excluding hydrogens is 486 g/mol. The van der Waals surface area contributed by atoms with E-state index in [4.69, 9.17) is 15.2 Å². The average Bonchev–Trinajstić information content (AvgIpc) is 2.86. The van der Waals surface area contributed by atoms with Gasteiger partial charge in [0.05, 0.1) is 43.0 Å². The summed E-state index contributed by atoms with van der Waals surface area (Å²) >= 11 is 0. The fourth-order valence-corrected chi connectivity index (χ4v) is 3.69. The Morgan fingerprint density at radius 1 is 1.08 bits per heavy atom. The number of allylic oxidation sites excluding steroid dienone is 1. The molecule has 2 N–H and O–H groups in total. The Morgan fingerprint density at radius 2 is 1.72 bits per heavy atom. The van der Waals surface area contributed by atoms with Crippen LogP contribution in [0.2, 0.25) is 0 Å². The zero-order valence-corrected chi connectivity index (χ0v) is 18.9. The number of nitriles is 1. The number of ether oxygens (including phenoxy) is 3. The van der Waals surface area contributed by atoms with Gasteiger partial charge in [-0.1, -0.05) is 30.3 Å². The number of carbonyl (C=O) groups is 2. The Hall–Kier alpha value is -4.53. The van der Waals surface area contributed by atoms with E-state index in [1.165, 1.54) is 0 Å². The molecule has 0 saturated heterocycles. The first kappa shape index (κ1) is 26.1. The normalized spacial score (nSPS) is 15.9. The van der Waals surface area contributed by atoms with Crippen molar-refractivity contribution < 1.29 is 41.4 Å². The molecule has 0 aliphatic carbocycles. The molecule has 3 rings (SSSR count). The van der Waals surface area contributed by atoms with Gasteiger partial charge in [0.1, 0.15) is 11.5 Å². The number of hydrogen-bond acceptors (Lipinski definition) is 8. The summed E-state index contributed by atoms with van der Waals surface area (Å²) in [5, 5.41) is 9.95. The molecule has 0 aromatic heterocycles. The van der Waals surface area contributed by atoms with Gasteiger partial charge in [0.15, 0.2) is 18.2 Å². The van der Waals surface area contributed by atoms with Gasteiger partial charge in [0, 0.05) is 6.07 Å². The van der Waals surface area contributed by atoms with Crippen LogP contribution in [0.1, 0.15) is 11.5 Å². The van der Waals surface area contributed by atoms with Gasteiger partial charge in [-0.2, -0.15) is 18.4 Å². The van der Waals surface area contributed by atoms with Crippen LogP contribution in [0.4, 0.5) is 23.2 Å². The summed E-state index contributed by atoms with van der Waals surface area (Å²) in [4.78, 5) is 26.8. The van der Waals surface area contributed by atoms with Crippen LogP contribution in [0.5, 0.6) is 5.75 Å². The summed E-state index contributed by atoms with van der Waals surface area (Å²) in [6.07, 6.45) is -4.70. The summed E-state index contributed by atoms with van der Waals surface area (Å²) in [6.45, 7) is -1.73. The van der Waals surface area contributed by atoms with Crippen LogP contribution in [0.15, 0.2) is 71.2 Å². The number of nitrogens with zero attached hydrogens (tertiary/aromatic N) is 2. The third-order valence-corrected chi connectivity index (χ3v) is 5.18. The smallest absolute Gasteiger partial charge is 0.422 e. The minimum absolute atomic E-state index is 0.160. The lowest BCUT2D eigenvalue weighted by molar-refractivity contribution is -0.153. The molecule has 188 valence electrons. The molecule has 0 amide bonds. The minimum Gasteiger partial charge on any atom is -0.481 e. The highest BCUT2D eigenvalue weighted by molar-refractivity contribution is 6.06. The predicted octanol–water partition coefficient (Wildman–Crippen LogP) is 3.66. The first-order valence-electron chi connectivity index (χ1n) is 10.2. The topological polar surface area (TPSA) is 115 Å². The maximum absolute atomic E-state index is 14.7. The lowest BCUT2D eigenvalue weighted by Gasteiger charge is -2.35. The van der Waals surface area contributed by atoms with Crippen LogP contribution in [0.3, 0.4) is 0 Å². The third kappa shape index (κ3) is 5.10. The quantitative estimate of drug-likeness (QED) is 0.467. The second-order valence-electron chi connectivity index (χ2n) is 7.35. The SMILES string of the molecule is COC(=O)C1=C(C(=O)OC)N(c2ccc(OCC(F)(F)F)c(F)c2)C(N)=C(C#N)C1c1ccccc1. The highest BCUT2D eigenvalue weighted by Gasteiger charge is 2.43. The van der Waals surface area contributed by atoms with E-state index in [2.05, 4.69) is 4.74 Å². The highest BCUT2D eigenvalue weighted by Crippen LogP contribution is 2.43. The first-order valence-corrected chi connectivity index (χ1v) is 10.2. The van der Waals surface area contributed by atoms with Crippen LogP contribution < -0.4 is 15.4 Å². The van der Waals surface area contributed by atoms with Crippen LogP contribution in [-0.2, 0) is 19.1 Å². The van der Waals surface area contributed by atoms with Crippen molar-refractivity contribution in [3.63, 3.8) is 0 Å². The number of anilines is 1. The van der Waals surface area contributed by atoms with Gasteiger partial charge in [-0.3, -0.25) is 4.90 Å². The molecule has 0 fully saturated rings. The molecule has 8 nitrogen and oxygen atoms in total. The van der Waals surface area contributed by atoms with Gasteiger partial charge >= 0.3 is 18.1 Å². The van der Waals surface area contributed by atoms with Crippen LogP contribution >= 0.6 is 0 Å². The van der Waals surface area contributed by atoms with Gasteiger partial charge in [-0.25, -0.2) is 14.0 Å². The molecular formula is C24H19F4N3O5. The Labute approximate surface area is 202 Å². The first-order chi connectivity index (χ1) is 17.0. The van der Waals surface area contributed by atoms with E-state index in [1.54, 1.807) is 30.3 Å². The van der Waals surface area contributed by atoms with Gasteiger partial charge in [0.25, 0.3) is 0 Å². The summed E-state index contributed by atoms with van der Waals surface area (Å²) in [5.41, 5.74) is 5.59. The summed E-state index contributed by atoms with van der Waals surface area (Å²) in [5.74, 6) is -5.43. The highest BCUT2D eigenvalue weighted by atomic mass is 19.4. The lowest BCUT2D eigenvalue weighted by Crippen LogP contribution is -2.40.